The molecule has 0 saturated heterocycles. The average molecular weight is 348 g/mol. The van der Waals surface area contributed by atoms with E-state index in [2.05, 4.69) is 9.97 Å². The van der Waals surface area contributed by atoms with Gasteiger partial charge in [0.15, 0.2) is 0 Å². The number of carboxylic acid groups (broad SMARTS) is 1. The van der Waals surface area contributed by atoms with Crippen molar-refractivity contribution in [3.05, 3.63) is 47.8 Å². The van der Waals surface area contributed by atoms with Crippen LogP contribution in [0.25, 0.3) is 10.9 Å². The summed E-state index contributed by atoms with van der Waals surface area (Å²) in [6.45, 7) is 1.92. The molecule has 0 amide bonds. The molecule has 0 aliphatic carbocycles. The minimum Gasteiger partial charge on any atom is -0.506 e. The predicted octanol–water partition coefficient (Wildman–Crippen LogP) is 2.40. The third kappa shape index (κ3) is 3.96. The standard InChI is InChI=1S/C15H12N2O4.O2S/c1-8-2-3-13(16-7-8)21-10-4-9-5-11(15(19)20)17-14(9)12(18)6-10;1-3-2/h2-7,17-18H,1H3,(H,19,20);. The number of carbonyl (C=O) groups is 1. The third-order valence-corrected chi connectivity index (χ3v) is 3.02. The molecule has 0 saturated carbocycles. The Balaban J connectivity index is 0.000000647. The lowest BCUT2D eigenvalue weighted by Crippen LogP contribution is -1.94. The van der Waals surface area contributed by atoms with Crippen LogP contribution in [0.1, 0.15) is 16.1 Å². The number of nitrogens with one attached hydrogen (secondary N) is 1. The van der Waals surface area contributed by atoms with E-state index < -0.39 is 17.5 Å². The second kappa shape index (κ2) is 7.38. The molecule has 2 aromatic heterocycles. The van der Waals surface area contributed by atoms with Crippen molar-refractivity contribution in [3.8, 4) is 17.4 Å². The number of benzene rings is 1. The van der Waals surface area contributed by atoms with Crippen molar-refractivity contribution >= 4 is 28.4 Å². The predicted molar refractivity (Wildman–Crippen MR) is 84.9 cm³/mol. The van der Waals surface area contributed by atoms with Crippen molar-refractivity contribution in [3.63, 3.8) is 0 Å². The van der Waals surface area contributed by atoms with Crippen molar-refractivity contribution < 1.29 is 28.2 Å². The van der Waals surface area contributed by atoms with Crippen LogP contribution in [0, 0.1) is 6.92 Å². The summed E-state index contributed by atoms with van der Waals surface area (Å²) >= 11 is -0.750. The number of carboxylic acids is 1. The first-order chi connectivity index (χ1) is 11.4. The summed E-state index contributed by atoms with van der Waals surface area (Å²) in [5, 5.41) is 19.4. The number of hydrogen-bond acceptors (Lipinski definition) is 6. The molecule has 8 nitrogen and oxygen atoms in total. The molecular weight excluding hydrogens is 336 g/mol. The molecule has 3 N–H and O–H groups in total. The molecule has 124 valence electrons. The van der Waals surface area contributed by atoms with Crippen LogP contribution in [0.4, 0.5) is 0 Å². The normalized spacial score (nSPS) is 9.88. The maximum atomic E-state index is 10.9. The van der Waals surface area contributed by atoms with Gasteiger partial charge in [-0.1, -0.05) is 6.07 Å². The fourth-order valence-corrected chi connectivity index (χ4v) is 2.01. The first kappa shape index (κ1) is 17.2. The van der Waals surface area contributed by atoms with Crippen molar-refractivity contribution in [1.29, 1.82) is 0 Å². The van der Waals surface area contributed by atoms with Crippen LogP contribution in [-0.2, 0) is 11.6 Å². The van der Waals surface area contributed by atoms with E-state index >= 15 is 0 Å². The van der Waals surface area contributed by atoms with Gasteiger partial charge in [-0.15, -0.1) is 0 Å². The maximum absolute atomic E-state index is 10.9. The van der Waals surface area contributed by atoms with Gasteiger partial charge in [0.2, 0.25) is 5.88 Å². The SMILES string of the molecule is Cc1ccc(Oc2cc(O)c3[nH]c(C(=O)O)cc3c2)nc1.O=S=O. The van der Waals surface area contributed by atoms with Gasteiger partial charge < -0.3 is 19.9 Å². The molecule has 0 aliphatic heterocycles. The van der Waals surface area contributed by atoms with Crippen LogP contribution in [0.2, 0.25) is 0 Å². The molecule has 24 heavy (non-hydrogen) atoms. The fraction of sp³-hybridized carbons (Fsp3) is 0.0667. The molecule has 3 aromatic rings. The Morgan fingerprint density at radius 3 is 2.54 bits per heavy atom. The average Bonchev–Trinajstić information content (AvgIpc) is 2.95. The molecule has 0 unspecified atom stereocenters. The van der Waals surface area contributed by atoms with Crippen LogP contribution in [-0.4, -0.2) is 34.6 Å². The number of aromatic nitrogens is 2. The van der Waals surface area contributed by atoms with Gasteiger partial charge in [-0.2, -0.15) is 8.42 Å². The molecule has 0 bridgehead atoms. The van der Waals surface area contributed by atoms with Gasteiger partial charge in [0.25, 0.3) is 0 Å². The largest absolute Gasteiger partial charge is 0.506 e. The summed E-state index contributed by atoms with van der Waals surface area (Å²) in [6, 6.07) is 8.06. The van der Waals surface area contributed by atoms with E-state index in [1.165, 1.54) is 12.1 Å². The quantitative estimate of drug-likeness (QED) is 0.662. The minimum absolute atomic E-state index is 0.00547. The molecule has 0 spiro atoms. The highest BCUT2D eigenvalue weighted by Crippen LogP contribution is 2.32. The topological polar surface area (TPSA) is 130 Å². The van der Waals surface area contributed by atoms with Gasteiger partial charge >= 0.3 is 17.5 Å². The molecule has 0 atom stereocenters. The first-order valence-corrected chi connectivity index (χ1v) is 7.22. The van der Waals surface area contributed by atoms with E-state index in [0.717, 1.165) is 5.56 Å². The maximum Gasteiger partial charge on any atom is 0.352 e. The van der Waals surface area contributed by atoms with E-state index in [1.807, 2.05) is 13.0 Å². The van der Waals surface area contributed by atoms with Crippen LogP contribution < -0.4 is 4.74 Å². The summed E-state index contributed by atoms with van der Waals surface area (Å²) in [5.41, 5.74) is 1.37. The monoisotopic (exact) mass is 348 g/mol. The smallest absolute Gasteiger partial charge is 0.352 e. The Bertz CT molecular complexity index is 914. The second-order valence-corrected chi connectivity index (χ2v) is 4.87. The molecule has 9 heteroatoms. The van der Waals surface area contributed by atoms with Crippen LogP contribution in [0.5, 0.6) is 17.4 Å². The number of nitrogens with zero attached hydrogens (tertiary/aromatic N) is 1. The lowest BCUT2D eigenvalue weighted by molar-refractivity contribution is 0.0691. The van der Waals surface area contributed by atoms with Gasteiger partial charge in [0.05, 0.1) is 5.52 Å². The number of rotatable bonds is 3. The van der Waals surface area contributed by atoms with Gasteiger partial charge in [-0.25, -0.2) is 9.78 Å². The Morgan fingerprint density at radius 2 is 1.96 bits per heavy atom. The lowest BCUT2D eigenvalue weighted by Gasteiger charge is -2.06. The molecule has 0 aliphatic rings. The van der Waals surface area contributed by atoms with Crippen LogP contribution in [0.3, 0.4) is 0 Å². The Kier molecular flexibility index (Phi) is 5.27. The van der Waals surface area contributed by atoms with Gasteiger partial charge in [-0.3, -0.25) is 0 Å². The molecule has 2 heterocycles. The number of phenolic OH excluding ortho intramolecular Hbond substituents is 1. The molecule has 0 radical (unpaired) electrons. The van der Waals surface area contributed by atoms with Crippen LogP contribution in [0.15, 0.2) is 36.5 Å². The highest BCUT2D eigenvalue weighted by atomic mass is 32.1. The number of aromatic hydroxyl groups is 1. The zero-order valence-electron chi connectivity index (χ0n) is 12.3. The number of H-pyrrole nitrogens is 1. The summed E-state index contributed by atoms with van der Waals surface area (Å²) in [4.78, 5) is 17.7. The Labute approximate surface area is 139 Å². The molecule has 1 aromatic carbocycles. The number of ether oxygens (including phenoxy) is 1. The summed E-state index contributed by atoms with van der Waals surface area (Å²) in [7, 11) is 0. The van der Waals surface area contributed by atoms with Gasteiger partial charge in [-0.05, 0) is 24.6 Å². The summed E-state index contributed by atoms with van der Waals surface area (Å²) in [6.07, 6.45) is 1.67. The number of aromatic amines is 1. The fourth-order valence-electron chi connectivity index (χ4n) is 2.01. The third-order valence-electron chi connectivity index (χ3n) is 3.02. The van der Waals surface area contributed by atoms with Crippen molar-refractivity contribution in [2.24, 2.45) is 0 Å². The highest BCUT2D eigenvalue weighted by molar-refractivity contribution is 7.51. The minimum atomic E-state index is -1.09. The van der Waals surface area contributed by atoms with Crippen molar-refractivity contribution in [2.45, 2.75) is 6.92 Å². The Morgan fingerprint density at radius 1 is 1.25 bits per heavy atom. The van der Waals surface area contributed by atoms with E-state index in [-0.39, 0.29) is 11.4 Å². The van der Waals surface area contributed by atoms with Gasteiger partial charge in [0.1, 0.15) is 17.2 Å². The Hall–Kier alpha value is -3.20. The van der Waals surface area contributed by atoms with Crippen molar-refractivity contribution in [1.82, 2.24) is 9.97 Å². The van der Waals surface area contributed by atoms with Crippen LogP contribution >= 0.6 is 0 Å². The second-order valence-electron chi connectivity index (χ2n) is 4.74. The zero-order valence-corrected chi connectivity index (χ0v) is 13.2. The molecular formula is C15H12N2O6S. The van der Waals surface area contributed by atoms with E-state index in [4.69, 9.17) is 18.3 Å². The number of hydrogen-bond donors (Lipinski definition) is 3. The molecule has 3 rings (SSSR count). The number of fused-ring (bicyclic) bond motifs is 1. The van der Waals surface area contributed by atoms with E-state index in [1.54, 1.807) is 18.3 Å². The number of pyridine rings is 1. The summed E-state index contributed by atoms with van der Waals surface area (Å²) < 4.78 is 22.1. The molecule has 0 fully saturated rings. The van der Waals surface area contributed by atoms with E-state index in [9.17, 15) is 9.90 Å². The van der Waals surface area contributed by atoms with E-state index in [0.29, 0.717) is 22.5 Å². The number of aromatic carboxylic acids is 1. The highest BCUT2D eigenvalue weighted by Gasteiger charge is 2.12. The zero-order chi connectivity index (χ0) is 17.7. The van der Waals surface area contributed by atoms with Gasteiger partial charge in [0, 0.05) is 23.7 Å². The van der Waals surface area contributed by atoms with Crippen molar-refractivity contribution in [2.75, 3.05) is 0 Å². The lowest BCUT2D eigenvalue weighted by atomic mass is 10.2. The number of phenols is 1. The summed E-state index contributed by atoms with van der Waals surface area (Å²) in [5.74, 6) is -0.393. The number of aryl methyl sites for hydroxylation is 1. The first-order valence-electron chi connectivity index (χ1n) is 6.56.